The van der Waals surface area contributed by atoms with E-state index in [0.29, 0.717) is 25.2 Å². The zero-order chi connectivity index (χ0) is 42.3. The van der Waals surface area contributed by atoms with Crippen molar-refractivity contribution in [3.63, 3.8) is 0 Å². The number of likely N-dealkylation sites (N-methyl/N-ethyl adjacent to an activating group) is 1. The summed E-state index contributed by atoms with van der Waals surface area (Å²) >= 11 is 0. The van der Waals surface area contributed by atoms with Crippen molar-refractivity contribution in [1.29, 1.82) is 0 Å². The van der Waals surface area contributed by atoms with Crippen LogP contribution in [-0.4, -0.2) is 162 Å². The van der Waals surface area contributed by atoms with Crippen molar-refractivity contribution in [2.75, 3.05) is 41.2 Å². The molecular weight excluding hydrogens is 732 g/mol. The van der Waals surface area contributed by atoms with E-state index >= 15 is 0 Å². The fourth-order valence-corrected chi connectivity index (χ4v) is 8.69. The molecule has 3 rings (SSSR count). The first kappa shape index (κ1) is 48.8. The third-order valence-corrected chi connectivity index (χ3v) is 12.1. The molecule has 0 aliphatic carbocycles. The molecule has 0 aromatic heterocycles. The van der Waals surface area contributed by atoms with E-state index in [2.05, 4.69) is 5.16 Å². The summed E-state index contributed by atoms with van der Waals surface area (Å²) in [4.78, 5) is 21.7. The molecule has 16 heteroatoms. The van der Waals surface area contributed by atoms with Crippen LogP contribution < -0.4 is 0 Å². The number of methoxy groups -OCH3 is 1. The first-order valence-corrected chi connectivity index (χ1v) is 20.3. The third kappa shape index (κ3) is 12.3. The van der Waals surface area contributed by atoms with Crippen molar-refractivity contribution in [3.8, 4) is 0 Å². The van der Waals surface area contributed by atoms with Crippen LogP contribution in [0.25, 0.3) is 0 Å². The maximum Gasteiger partial charge on any atom is 0.311 e. The molecule has 0 aromatic rings. The maximum absolute atomic E-state index is 14.2. The summed E-state index contributed by atoms with van der Waals surface area (Å²) < 4.78 is 42.3. The second-order valence-corrected chi connectivity index (χ2v) is 17.3. The van der Waals surface area contributed by atoms with Crippen molar-refractivity contribution >= 4 is 11.7 Å². The summed E-state index contributed by atoms with van der Waals surface area (Å²) in [6, 6.07) is -0.314. The Morgan fingerprint density at radius 3 is 2.12 bits per heavy atom. The van der Waals surface area contributed by atoms with E-state index in [9.17, 15) is 30.3 Å². The molecule has 3 saturated heterocycles. The zero-order valence-corrected chi connectivity index (χ0v) is 36.0. The molecular formula is C40H74N2O14. The number of oxime groups is 1. The van der Waals surface area contributed by atoms with Gasteiger partial charge in [-0.3, -0.25) is 4.79 Å². The van der Waals surface area contributed by atoms with Crippen LogP contribution in [-0.2, 0) is 42.8 Å². The van der Waals surface area contributed by atoms with Gasteiger partial charge in [0.15, 0.2) is 12.6 Å². The van der Waals surface area contributed by atoms with Crippen molar-refractivity contribution in [1.82, 2.24) is 4.90 Å². The standard InChI is InChI=1S/C40H74N2O14/c1-14-29-23(4)32(43)24(5)31(41-51-20-50-16-15-49-13)21(2)18-40(10,48)36(56-38-33(44)28(42(11)12)17-22(3)52-38)25(6)34(26(7)37(46)54-29)55-30-19-39(9,47)35(45)27(8)53-30/h21-30,32-36,38,43-45,47-48H,14-20H2,1-13H3/b41-31+/t21-,22-,23+,24+,25+,26-,27+,28+,29-,30+,32+,33-,34+,35+,36-,38+,39-,40-/m1/s1. The Morgan fingerprint density at radius 2 is 1.54 bits per heavy atom. The summed E-state index contributed by atoms with van der Waals surface area (Å²) in [7, 11) is 5.29. The number of hydrogen-bond donors (Lipinski definition) is 5. The molecule has 18 atom stereocenters. The Balaban J connectivity index is 2.18. The van der Waals surface area contributed by atoms with E-state index in [4.69, 9.17) is 38.0 Å². The van der Waals surface area contributed by atoms with E-state index in [-0.39, 0.29) is 38.4 Å². The van der Waals surface area contributed by atoms with E-state index < -0.39 is 102 Å². The van der Waals surface area contributed by atoms with Crippen molar-refractivity contribution in [3.05, 3.63) is 0 Å². The fraction of sp³-hybridized carbons (Fsp3) is 0.950. The molecule has 3 aliphatic heterocycles. The van der Waals surface area contributed by atoms with Gasteiger partial charge in [-0.15, -0.1) is 0 Å². The monoisotopic (exact) mass is 807 g/mol. The number of ether oxygens (including phenoxy) is 7. The summed E-state index contributed by atoms with van der Waals surface area (Å²) in [6.07, 6.45) is -8.66. The highest BCUT2D eigenvalue weighted by Gasteiger charge is 2.52. The number of aliphatic hydroxyl groups excluding tert-OH is 3. The normalized spacial score (nSPS) is 45.7. The molecule has 3 aliphatic rings. The molecule has 0 bridgehead atoms. The highest BCUT2D eigenvalue weighted by atomic mass is 16.7. The van der Waals surface area contributed by atoms with Crippen molar-refractivity contribution in [2.45, 2.75) is 174 Å². The quantitative estimate of drug-likeness (QED) is 0.0831. The van der Waals surface area contributed by atoms with E-state index in [1.807, 2.05) is 53.6 Å². The number of nitrogens with zero attached hydrogens (tertiary/aromatic N) is 2. The molecule has 5 N–H and O–H groups in total. The van der Waals surface area contributed by atoms with Gasteiger partial charge in [-0.1, -0.05) is 39.8 Å². The van der Waals surface area contributed by atoms with Gasteiger partial charge in [0.25, 0.3) is 0 Å². The lowest BCUT2D eigenvalue weighted by molar-refractivity contribution is -0.316. The molecule has 0 unspecified atom stereocenters. The van der Waals surface area contributed by atoms with Gasteiger partial charge in [-0.2, -0.15) is 0 Å². The largest absolute Gasteiger partial charge is 0.462 e. The maximum atomic E-state index is 14.2. The number of carbonyl (C=O) groups excluding carboxylic acids is 1. The average Bonchev–Trinajstić information content (AvgIpc) is 3.12. The van der Waals surface area contributed by atoms with Crippen LogP contribution in [0.4, 0.5) is 0 Å². The van der Waals surface area contributed by atoms with Crippen LogP contribution in [0.1, 0.15) is 94.9 Å². The SMILES string of the molecule is CC[C@H]1OC(=O)[C@H](C)[C@@H](O[C@H]2C[C@@](C)(O)[C@@H](O)[C@H](C)O2)[C@H](C)[C@@H](O[C@@H]2O[C@H](C)C[C@H](N(C)C)[C@H]2O)[C@](C)(O)C[C@@H](C)/C(=N\OCOCCOC)[C@H](C)[C@@H](O)[C@H]1C. The molecule has 3 fully saturated rings. The van der Waals surface area contributed by atoms with Gasteiger partial charge in [0.2, 0.25) is 6.79 Å². The Hall–Kier alpha value is -1.54. The number of aliphatic hydroxyl groups is 5. The lowest BCUT2D eigenvalue weighted by atomic mass is 9.74. The van der Waals surface area contributed by atoms with Gasteiger partial charge in [0, 0.05) is 43.2 Å². The van der Waals surface area contributed by atoms with Crippen LogP contribution in [0, 0.1) is 29.6 Å². The summed E-state index contributed by atoms with van der Waals surface area (Å²) in [5, 5.41) is 62.3. The minimum absolute atomic E-state index is 0.0380. The fourth-order valence-electron chi connectivity index (χ4n) is 8.69. The highest BCUT2D eigenvalue weighted by molar-refractivity contribution is 5.88. The summed E-state index contributed by atoms with van der Waals surface area (Å²) in [6.45, 7) is 17.9. The first-order chi connectivity index (χ1) is 26.1. The number of rotatable bonds is 12. The van der Waals surface area contributed by atoms with Crippen LogP contribution in [0.5, 0.6) is 0 Å². The zero-order valence-electron chi connectivity index (χ0n) is 36.0. The van der Waals surface area contributed by atoms with E-state index in [1.165, 1.54) is 6.92 Å². The van der Waals surface area contributed by atoms with Gasteiger partial charge in [-0.25, -0.2) is 0 Å². The first-order valence-electron chi connectivity index (χ1n) is 20.3. The topological polar surface area (TPSA) is 208 Å². The Bertz CT molecular complexity index is 1240. The second-order valence-electron chi connectivity index (χ2n) is 17.3. The number of esters is 1. The van der Waals surface area contributed by atoms with Crippen molar-refractivity contribution < 1.29 is 68.3 Å². The minimum atomic E-state index is -1.72. The molecule has 0 spiro atoms. The third-order valence-electron chi connectivity index (χ3n) is 12.1. The lowest BCUT2D eigenvalue weighted by Crippen LogP contribution is -2.60. The van der Waals surface area contributed by atoms with Crippen LogP contribution in [0.2, 0.25) is 0 Å². The van der Waals surface area contributed by atoms with Gasteiger partial charge < -0.3 is 68.4 Å². The smallest absolute Gasteiger partial charge is 0.311 e. The Labute approximate surface area is 334 Å². The van der Waals surface area contributed by atoms with Crippen LogP contribution in [0.15, 0.2) is 5.16 Å². The molecule has 16 nitrogen and oxygen atoms in total. The van der Waals surface area contributed by atoms with Crippen LogP contribution in [0.3, 0.4) is 0 Å². The summed E-state index contributed by atoms with van der Waals surface area (Å²) in [5.74, 6) is -4.04. The van der Waals surface area contributed by atoms with E-state index in [1.54, 1.807) is 34.8 Å². The predicted molar refractivity (Wildman–Crippen MR) is 206 cm³/mol. The van der Waals surface area contributed by atoms with Gasteiger partial charge in [0.1, 0.15) is 18.3 Å². The minimum Gasteiger partial charge on any atom is -0.462 e. The number of hydrogen-bond acceptors (Lipinski definition) is 16. The molecule has 3 heterocycles. The molecule has 56 heavy (non-hydrogen) atoms. The van der Waals surface area contributed by atoms with Gasteiger partial charge in [-0.05, 0) is 68.0 Å². The number of carbonyl (C=O) groups is 1. The van der Waals surface area contributed by atoms with Crippen molar-refractivity contribution in [2.24, 2.45) is 34.7 Å². The Morgan fingerprint density at radius 1 is 0.875 bits per heavy atom. The van der Waals surface area contributed by atoms with E-state index in [0.717, 1.165) is 0 Å². The summed E-state index contributed by atoms with van der Waals surface area (Å²) in [5.41, 5.74) is -2.83. The molecule has 0 amide bonds. The Kier molecular flexibility index (Phi) is 18.4. The lowest BCUT2D eigenvalue weighted by Gasteiger charge is -2.48. The molecule has 328 valence electrons. The molecule has 0 saturated carbocycles. The van der Waals surface area contributed by atoms with Gasteiger partial charge >= 0.3 is 5.97 Å². The molecule has 0 radical (unpaired) electrons. The van der Waals surface area contributed by atoms with Crippen LogP contribution >= 0.6 is 0 Å². The second kappa shape index (κ2) is 21.1. The highest BCUT2D eigenvalue weighted by Crippen LogP contribution is 2.40. The van der Waals surface area contributed by atoms with Gasteiger partial charge in [0.05, 0.1) is 66.6 Å². The number of cyclic esters (lactones) is 1. The molecule has 0 aromatic carbocycles. The predicted octanol–water partition coefficient (Wildman–Crippen LogP) is 2.44. The average molecular weight is 807 g/mol.